The Labute approximate surface area is 261 Å². The number of sulfonamides is 1. The van der Waals surface area contributed by atoms with Gasteiger partial charge in [-0.2, -0.15) is 4.31 Å². The fourth-order valence-electron chi connectivity index (χ4n) is 5.48. The zero-order valence-electron chi connectivity index (χ0n) is 23.8. The smallest absolute Gasteiger partial charge is 0.253 e. The molecule has 1 aromatic heterocycles. The highest BCUT2D eigenvalue weighted by atomic mass is 35.5. The third kappa shape index (κ3) is 6.15. The van der Waals surface area contributed by atoms with E-state index in [1.807, 2.05) is 46.0 Å². The quantitative estimate of drug-likeness (QED) is 0.390. The Morgan fingerprint density at radius 1 is 1.07 bits per heavy atom. The average molecular weight is 642 g/mol. The molecule has 3 aromatic rings. The molecule has 2 aliphatic rings. The second-order valence-electron chi connectivity index (χ2n) is 10.9. The van der Waals surface area contributed by atoms with Gasteiger partial charge in [-0.25, -0.2) is 8.42 Å². The van der Waals surface area contributed by atoms with Gasteiger partial charge in [0.2, 0.25) is 21.8 Å². The number of fused-ring (bicyclic) bond motifs is 1. The molecule has 5 rings (SSSR count). The normalized spacial score (nSPS) is 21.2. The van der Waals surface area contributed by atoms with Crippen LogP contribution in [0.15, 0.2) is 71.9 Å². The molecule has 224 valence electrons. The Balaban J connectivity index is 1.61. The van der Waals surface area contributed by atoms with E-state index >= 15 is 0 Å². The predicted molar refractivity (Wildman–Crippen MR) is 165 cm³/mol. The first-order valence-corrected chi connectivity index (χ1v) is 15.9. The average Bonchev–Trinajstić information content (AvgIpc) is 2.96. The summed E-state index contributed by atoms with van der Waals surface area (Å²) < 4.78 is 29.7. The summed E-state index contributed by atoms with van der Waals surface area (Å²) in [5, 5.41) is 2.85. The second-order valence-corrected chi connectivity index (χ2v) is 13.6. The number of aromatic nitrogens is 1. The van der Waals surface area contributed by atoms with Crippen LogP contribution in [0.25, 0.3) is 0 Å². The molecule has 0 radical (unpaired) electrons. The minimum absolute atomic E-state index is 0.0552. The maximum atomic E-state index is 14.3. The number of hydrogen-bond donors (Lipinski definition) is 1. The Morgan fingerprint density at radius 2 is 1.79 bits per heavy atom. The number of carbonyl (C=O) groups excluding carboxylic acids is 3. The van der Waals surface area contributed by atoms with Gasteiger partial charge in [-0.1, -0.05) is 52.9 Å². The summed E-state index contributed by atoms with van der Waals surface area (Å²) >= 11 is 12.4. The van der Waals surface area contributed by atoms with Gasteiger partial charge in [0.05, 0.1) is 17.1 Å². The Bertz CT molecular complexity index is 1660. The molecule has 2 saturated heterocycles. The highest BCUT2D eigenvalue weighted by molar-refractivity contribution is 7.89. The number of benzene rings is 2. The van der Waals surface area contributed by atoms with E-state index < -0.39 is 40.1 Å². The molecule has 43 heavy (non-hydrogen) atoms. The second kappa shape index (κ2) is 12.3. The molecular weight excluding hydrogens is 612 g/mol. The van der Waals surface area contributed by atoms with Gasteiger partial charge in [-0.15, -0.1) is 0 Å². The van der Waals surface area contributed by atoms with Crippen molar-refractivity contribution in [3.05, 3.63) is 88.2 Å². The van der Waals surface area contributed by atoms with Crippen molar-refractivity contribution < 1.29 is 22.8 Å². The maximum Gasteiger partial charge on any atom is 0.253 e. The van der Waals surface area contributed by atoms with Gasteiger partial charge >= 0.3 is 0 Å². The van der Waals surface area contributed by atoms with Crippen LogP contribution in [0.2, 0.25) is 10.0 Å². The van der Waals surface area contributed by atoms with Crippen molar-refractivity contribution >= 4 is 64.3 Å². The van der Waals surface area contributed by atoms with E-state index in [2.05, 4.69) is 10.3 Å². The molecule has 1 N–H and O–H groups in total. The molecule has 0 aliphatic carbocycles. The fourth-order valence-corrected chi connectivity index (χ4v) is 7.81. The summed E-state index contributed by atoms with van der Waals surface area (Å²) in [5.74, 6) is -1.46. The van der Waals surface area contributed by atoms with Crippen LogP contribution in [-0.4, -0.2) is 90.5 Å². The van der Waals surface area contributed by atoms with Gasteiger partial charge in [-0.05, 0) is 49.7 Å². The largest absolute Gasteiger partial charge is 0.339 e. The summed E-state index contributed by atoms with van der Waals surface area (Å²) in [6.45, 7) is 3.25. The first-order chi connectivity index (χ1) is 20.4. The van der Waals surface area contributed by atoms with Crippen molar-refractivity contribution in [1.82, 2.24) is 24.4 Å². The number of amides is 3. The number of rotatable bonds is 7. The van der Waals surface area contributed by atoms with E-state index in [1.54, 1.807) is 11.0 Å². The monoisotopic (exact) mass is 641 g/mol. The molecule has 0 saturated carbocycles. The number of pyridine rings is 1. The number of piperazine rings is 1. The van der Waals surface area contributed by atoms with Crippen molar-refractivity contribution in [3.8, 4) is 0 Å². The van der Waals surface area contributed by atoms with Gasteiger partial charge in [-0.3, -0.25) is 19.4 Å². The number of nitrogens with zero attached hydrogens (tertiary/aromatic N) is 4. The van der Waals surface area contributed by atoms with Crippen molar-refractivity contribution in [3.63, 3.8) is 0 Å². The lowest BCUT2D eigenvalue weighted by Crippen LogP contribution is -2.76. The van der Waals surface area contributed by atoms with Gasteiger partial charge in [0.1, 0.15) is 31.0 Å². The zero-order chi connectivity index (χ0) is 31.1. The van der Waals surface area contributed by atoms with Crippen LogP contribution in [0.1, 0.15) is 29.8 Å². The van der Waals surface area contributed by atoms with E-state index in [4.69, 9.17) is 23.2 Å². The number of nitrogens with one attached hydrogen (secondary N) is 1. The minimum Gasteiger partial charge on any atom is -0.339 e. The van der Waals surface area contributed by atoms with Crippen LogP contribution in [0.3, 0.4) is 0 Å². The highest BCUT2D eigenvalue weighted by Gasteiger charge is 2.54. The molecule has 3 unspecified atom stereocenters. The lowest BCUT2D eigenvalue weighted by molar-refractivity contribution is -0.168. The Hall–Kier alpha value is -3.45. The molecule has 3 amide bonds. The van der Waals surface area contributed by atoms with Crippen LogP contribution in [0.5, 0.6) is 0 Å². The minimum atomic E-state index is -4.36. The third-order valence-corrected chi connectivity index (χ3v) is 10.3. The highest BCUT2D eigenvalue weighted by Crippen LogP contribution is 2.35. The molecule has 14 heteroatoms. The topological polar surface area (TPSA) is 120 Å². The molecule has 0 spiro atoms. The standard InChI is InChI=1S/C29H30BCl2N5O5S/c1-17(2)35-16-26-36(43(41,42)25-10-9-21(31)13-22(25)32)15-23(34-27(38)19-4-3-11-33-14-19)28(39)37(26)24(29(35)40)12-18-5-7-20(30)8-6-18/h3-11,13-14,17,23-24,26H,12,15-16,30H2,1-2H3,(H,34,38). The molecule has 0 bridgehead atoms. The summed E-state index contributed by atoms with van der Waals surface area (Å²) in [5.41, 5.74) is 2.03. The first kappa shape index (κ1) is 31.0. The van der Waals surface area contributed by atoms with Crippen LogP contribution in [-0.2, 0) is 26.0 Å². The number of carbonyl (C=O) groups is 3. The van der Waals surface area contributed by atoms with Crippen molar-refractivity contribution in [2.45, 2.75) is 49.5 Å². The summed E-state index contributed by atoms with van der Waals surface area (Å²) in [6, 6.07) is 12.2. The third-order valence-electron chi connectivity index (χ3n) is 7.72. The SMILES string of the molecule is Bc1ccc(CC2C(=O)N(C(C)C)CC3N2C(=O)C(NC(=O)c2cccnc2)CN3S(=O)(=O)c2ccc(Cl)cc2Cl)cc1. The van der Waals surface area contributed by atoms with E-state index in [0.717, 1.165) is 15.3 Å². The van der Waals surface area contributed by atoms with Gasteiger partial charge in [0.25, 0.3) is 5.91 Å². The molecule has 2 aliphatic heterocycles. The van der Waals surface area contributed by atoms with E-state index in [9.17, 15) is 22.8 Å². The first-order valence-electron chi connectivity index (χ1n) is 13.7. The molecule has 10 nitrogen and oxygen atoms in total. The van der Waals surface area contributed by atoms with E-state index in [1.165, 1.54) is 41.6 Å². The van der Waals surface area contributed by atoms with E-state index in [-0.39, 0.29) is 52.0 Å². The predicted octanol–water partition coefficient (Wildman–Crippen LogP) is 1.47. The maximum absolute atomic E-state index is 14.3. The van der Waals surface area contributed by atoms with Crippen LogP contribution in [0.4, 0.5) is 0 Å². The lowest BCUT2D eigenvalue weighted by Gasteiger charge is -2.54. The van der Waals surface area contributed by atoms with Crippen LogP contribution in [0, 0.1) is 0 Å². The summed E-state index contributed by atoms with van der Waals surface area (Å²) in [6.07, 6.45) is 1.96. The van der Waals surface area contributed by atoms with Crippen LogP contribution < -0.4 is 10.8 Å². The van der Waals surface area contributed by atoms with Gasteiger partial charge in [0.15, 0.2) is 0 Å². The molecule has 2 aromatic carbocycles. The number of hydrogen-bond acceptors (Lipinski definition) is 6. The van der Waals surface area contributed by atoms with E-state index in [0.29, 0.717) is 0 Å². The molecule has 2 fully saturated rings. The molecular formula is C29H30BCl2N5O5S. The zero-order valence-corrected chi connectivity index (χ0v) is 26.1. The Morgan fingerprint density at radius 3 is 2.42 bits per heavy atom. The molecule has 3 atom stereocenters. The number of halogens is 2. The van der Waals surface area contributed by atoms with Gasteiger partial charge < -0.3 is 15.1 Å². The fraction of sp³-hybridized carbons (Fsp3) is 0.310. The summed E-state index contributed by atoms with van der Waals surface area (Å²) in [4.78, 5) is 47.9. The molecule has 3 heterocycles. The van der Waals surface area contributed by atoms with Crippen molar-refractivity contribution in [1.29, 1.82) is 0 Å². The van der Waals surface area contributed by atoms with Gasteiger partial charge in [0, 0.05) is 36.4 Å². The summed E-state index contributed by atoms with van der Waals surface area (Å²) in [7, 11) is -2.41. The Kier molecular flexibility index (Phi) is 8.85. The van der Waals surface area contributed by atoms with Crippen molar-refractivity contribution in [2.24, 2.45) is 0 Å². The lowest BCUT2D eigenvalue weighted by atomic mass is 9.92. The van der Waals surface area contributed by atoms with Crippen LogP contribution >= 0.6 is 23.2 Å². The van der Waals surface area contributed by atoms with Crippen molar-refractivity contribution in [2.75, 3.05) is 13.1 Å².